The number of nitrogens with zero attached hydrogens (tertiary/aromatic N) is 1. The number of hydrogen-bond donors (Lipinski definition) is 0. The van der Waals surface area contributed by atoms with E-state index >= 15 is 0 Å². The lowest BCUT2D eigenvalue weighted by atomic mass is 10.1. The minimum absolute atomic E-state index is 0.222. The number of carbonyl (C=O) groups is 2. The van der Waals surface area contributed by atoms with Crippen LogP contribution in [0.4, 0.5) is 4.39 Å². The molecule has 0 unspecified atom stereocenters. The first-order chi connectivity index (χ1) is 10.9. The highest BCUT2D eigenvalue weighted by atomic mass is 79.9. The Bertz CT molecular complexity index is 719. The monoisotopic (exact) mass is 379 g/mol. The minimum Gasteiger partial charge on any atom is -0.444 e. The topological polar surface area (TPSA) is 46.6 Å². The van der Waals surface area contributed by atoms with Crippen LogP contribution in [0.2, 0.25) is 0 Å². The number of likely N-dealkylation sites (N-methyl/N-ethyl adjacent to an activating group) is 1. The Morgan fingerprint density at radius 3 is 2.35 bits per heavy atom. The zero-order valence-electron chi connectivity index (χ0n) is 12.6. The van der Waals surface area contributed by atoms with Gasteiger partial charge in [-0.2, -0.15) is 0 Å². The van der Waals surface area contributed by atoms with Gasteiger partial charge in [-0.3, -0.25) is 4.79 Å². The molecule has 1 atom stereocenters. The van der Waals surface area contributed by atoms with Crippen LogP contribution < -0.4 is 0 Å². The number of rotatable bonds is 4. The van der Waals surface area contributed by atoms with Crippen molar-refractivity contribution in [3.63, 3.8) is 0 Å². The molecule has 6 heteroatoms. The van der Waals surface area contributed by atoms with Gasteiger partial charge in [0.05, 0.1) is 5.56 Å². The molecular formula is C17H15BrFNO3. The highest BCUT2D eigenvalue weighted by Crippen LogP contribution is 2.23. The van der Waals surface area contributed by atoms with Crippen molar-refractivity contribution < 1.29 is 18.7 Å². The average molecular weight is 380 g/mol. The molecule has 0 aliphatic rings. The Balaban J connectivity index is 2.30. The predicted molar refractivity (Wildman–Crippen MR) is 87.4 cm³/mol. The summed E-state index contributed by atoms with van der Waals surface area (Å²) in [7, 11) is 3.12. The van der Waals surface area contributed by atoms with Gasteiger partial charge >= 0.3 is 5.97 Å². The van der Waals surface area contributed by atoms with Gasteiger partial charge in [-0.25, -0.2) is 9.18 Å². The van der Waals surface area contributed by atoms with Crippen molar-refractivity contribution >= 4 is 27.8 Å². The summed E-state index contributed by atoms with van der Waals surface area (Å²) < 4.78 is 19.7. The Kier molecular flexibility index (Phi) is 5.50. The molecule has 0 bridgehead atoms. The van der Waals surface area contributed by atoms with Gasteiger partial charge in [0.15, 0.2) is 0 Å². The molecule has 0 heterocycles. The normalized spacial score (nSPS) is 11.7. The molecule has 0 aromatic heterocycles. The summed E-state index contributed by atoms with van der Waals surface area (Å²) in [5, 5.41) is 0. The van der Waals surface area contributed by atoms with Crippen LogP contribution in [0.15, 0.2) is 53.0 Å². The molecule has 0 aliphatic carbocycles. The smallest absolute Gasteiger partial charge is 0.342 e. The zero-order valence-corrected chi connectivity index (χ0v) is 14.2. The molecule has 0 N–H and O–H groups in total. The highest BCUT2D eigenvalue weighted by Gasteiger charge is 2.28. The Hall–Kier alpha value is -2.21. The lowest BCUT2D eigenvalue weighted by Gasteiger charge is -2.21. The standard InChI is InChI=1S/C17H15BrFNO3/c1-20(2)16(21)15(11-6-4-3-5-7-11)23-17(22)13-9-8-12(18)10-14(13)19/h3-10,15H,1-2H3/t15-/m0/s1. The summed E-state index contributed by atoms with van der Waals surface area (Å²) in [6.07, 6.45) is -1.12. The van der Waals surface area contributed by atoms with Crippen LogP contribution >= 0.6 is 15.9 Å². The molecule has 0 radical (unpaired) electrons. The summed E-state index contributed by atoms with van der Waals surface area (Å²) >= 11 is 3.12. The lowest BCUT2D eigenvalue weighted by Crippen LogP contribution is -2.31. The summed E-state index contributed by atoms with van der Waals surface area (Å²) in [5.41, 5.74) is 0.303. The van der Waals surface area contributed by atoms with Crippen LogP contribution in [-0.4, -0.2) is 30.9 Å². The summed E-state index contributed by atoms with van der Waals surface area (Å²) in [6.45, 7) is 0. The fraction of sp³-hybridized carbons (Fsp3) is 0.176. The first-order valence-electron chi connectivity index (χ1n) is 6.82. The van der Waals surface area contributed by atoms with Gasteiger partial charge in [-0.15, -0.1) is 0 Å². The van der Waals surface area contributed by atoms with Crippen molar-refractivity contribution in [3.05, 3.63) is 69.9 Å². The largest absolute Gasteiger partial charge is 0.444 e. The number of ether oxygens (including phenoxy) is 1. The Labute approximate surface area is 142 Å². The Morgan fingerprint density at radius 1 is 1.13 bits per heavy atom. The van der Waals surface area contributed by atoms with E-state index in [0.29, 0.717) is 10.0 Å². The molecule has 0 fully saturated rings. The van der Waals surface area contributed by atoms with E-state index in [-0.39, 0.29) is 5.56 Å². The van der Waals surface area contributed by atoms with Crippen molar-refractivity contribution in [2.75, 3.05) is 14.1 Å². The molecular weight excluding hydrogens is 365 g/mol. The van der Waals surface area contributed by atoms with E-state index in [4.69, 9.17) is 4.74 Å². The van der Waals surface area contributed by atoms with Crippen molar-refractivity contribution in [2.24, 2.45) is 0 Å². The number of amides is 1. The van der Waals surface area contributed by atoms with E-state index in [2.05, 4.69) is 15.9 Å². The quantitative estimate of drug-likeness (QED) is 0.762. The van der Waals surface area contributed by atoms with Crippen LogP contribution in [0.3, 0.4) is 0 Å². The maximum Gasteiger partial charge on any atom is 0.342 e. The highest BCUT2D eigenvalue weighted by molar-refractivity contribution is 9.10. The van der Waals surface area contributed by atoms with Crippen molar-refractivity contribution in [2.45, 2.75) is 6.10 Å². The summed E-state index contributed by atoms with van der Waals surface area (Å²) in [5.74, 6) is -2.00. The summed E-state index contributed by atoms with van der Waals surface area (Å²) in [4.78, 5) is 25.9. The van der Waals surface area contributed by atoms with Crippen LogP contribution in [-0.2, 0) is 9.53 Å². The van der Waals surface area contributed by atoms with Crippen molar-refractivity contribution in [1.29, 1.82) is 0 Å². The van der Waals surface area contributed by atoms with Gasteiger partial charge < -0.3 is 9.64 Å². The van der Waals surface area contributed by atoms with Crippen LogP contribution in [0, 0.1) is 5.82 Å². The van der Waals surface area contributed by atoms with E-state index in [1.54, 1.807) is 44.4 Å². The van der Waals surface area contributed by atoms with E-state index < -0.39 is 23.8 Å². The van der Waals surface area contributed by atoms with Crippen molar-refractivity contribution in [1.82, 2.24) is 4.90 Å². The van der Waals surface area contributed by atoms with E-state index in [0.717, 1.165) is 0 Å². The molecule has 23 heavy (non-hydrogen) atoms. The van der Waals surface area contributed by atoms with Gasteiger partial charge in [0.2, 0.25) is 6.10 Å². The molecule has 1 amide bonds. The average Bonchev–Trinajstić information content (AvgIpc) is 2.52. The Morgan fingerprint density at radius 2 is 1.78 bits per heavy atom. The van der Waals surface area contributed by atoms with Crippen LogP contribution in [0.1, 0.15) is 22.0 Å². The number of esters is 1. The van der Waals surface area contributed by atoms with E-state index in [1.807, 2.05) is 0 Å². The molecule has 2 aromatic rings. The van der Waals surface area contributed by atoms with E-state index in [9.17, 15) is 14.0 Å². The minimum atomic E-state index is -1.12. The molecule has 2 rings (SSSR count). The summed E-state index contributed by atoms with van der Waals surface area (Å²) in [6, 6.07) is 12.6. The number of benzene rings is 2. The third-order valence-electron chi connectivity index (χ3n) is 3.14. The fourth-order valence-electron chi connectivity index (χ4n) is 1.95. The van der Waals surface area contributed by atoms with Gasteiger partial charge in [-0.1, -0.05) is 46.3 Å². The first-order valence-corrected chi connectivity index (χ1v) is 7.61. The third-order valence-corrected chi connectivity index (χ3v) is 3.64. The molecule has 120 valence electrons. The molecule has 0 saturated heterocycles. The molecule has 2 aromatic carbocycles. The molecule has 0 saturated carbocycles. The van der Waals surface area contributed by atoms with Crippen LogP contribution in [0.5, 0.6) is 0 Å². The van der Waals surface area contributed by atoms with Crippen LogP contribution in [0.25, 0.3) is 0 Å². The van der Waals surface area contributed by atoms with Gasteiger partial charge in [-0.05, 0) is 18.2 Å². The second kappa shape index (κ2) is 7.37. The van der Waals surface area contributed by atoms with Gasteiger partial charge in [0.25, 0.3) is 5.91 Å². The van der Waals surface area contributed by atoms with Crippen molar-refractivity contribution in [3.8, 4) is 0 Å². The number of halogens is 2. The molecule has 0 spiro atoms. The molecule has 0 aliphatic heterocycles. The zero-order chi connectivity index (χ0) is 17.0. The van der Waals surface area contributed by atoms with E-state index in [1.165, 1.54) is 23.1 Å². The predicted octanol–water partition coefficient (Wildman–Crippen LogP) is 3.57. The SMILES string of the molecule is CN(C)C(=O)[C@@H](OC(=O)c1ccc(Br)cc1F)c1ccccc1. The van der Waals surface area contributed by atoms with Gasteiger partial charge in [0, 0.05) is 24.1 Å². The second-order valence-corrected chi connectivity index (χ2v) is 5.97. The fourth-order valence-corrected chi connectivity index (χ4v) is 2.28. The lowest BCUT2D eigenvalue weighted by molar-refractivity contribution is -0.138. The first kappa shape index (κ1) is 17.1. The van der Waals surface area contributed by atoms with Gasteiger partial charge in [0.1, 0.15) is 5.82 Å². The number of carbonyl (C=O) groups excluding carboxylic acids is 2. The third kappa shape index (κ3) is 4.16. The maximum atomic E-state index is 13.9. The number of hydrogen-bond acceptors (Lipinski definition) is 3. The second-order valence-electron chi connectivity index (χ2n) is 5.05. The molecule has 4 nitrogen and oxygen atoms in total. The maximum absolute atomic E-state index is 13.9.